The van der Waals surface area contributed by atoms with Gasteiger partial charge in [0.05, 0.1) is 22.9 Å². The number of carbonyl (C=O) groups excluding carboxylic acids is 4. The molecule has 0 amide bonds. The smallest absolute Gasteiger partial charge is 0.175 e. The van der Waals surface area contributed by atoms with Crippen molar-refractivity contribution in [2.24, 2.45) is 45.3 Å². The van der Waals surface area contributed by atoms with Crippen LogP contribution < -0.4 is 4.74 Å². The molecule has 1 heterocycles. The number of fused-ring (bicyclic) bond motifs is 1. The molecular formula is C39H54O8. The van der Waals surface area contributed by atoms with Crippen LogP contribution >= 0.6 is 0 Å². The number of aromatic hydroxyl groups is 2. The van der Waals surface area contributed by atoms with E-state index in [0.29, 0.717) is 5.57 Å². The van der Waals surface area contributed by atoms with Crippen molar-refractivity contribution in [2.75, 3.05) is 0 Å². The van der Waals surface area contributed by atoms with E-state index in [0.717, 1.165) is 0 Å². The fourth-order valence-corrected chi connectivity index (χ4v) is 8.54. The maximum Gasteiger partial charge on any atom is 0.175 e. The lowest BCUT2D eigenvalue weighted by Crippen LogP contribution is -2.56. The zero-order valence-corrected chi connectivity index (χ0v) is 30.6. The van der Waals surface area contributed by atoms with Crippen molar-refractivity contribution in [3.63, 3.8) is 0 Å². The normalized spacial score (nSPS) is 26.8. The van der Waals surface area contributed by atoms with Crippen molar-refractivity contribution in [3.05, 3.63) is 40.2 Å². The van der Waals surface area contributed by atoms with Crippen LogP contribution in [0.15, 0.2) is 23.5 Å². The minimum Gasteiger partial charge on any atom is -0.507 e. The highest BCUT2D eigenvalue weighted by atomic mass is 16.5. The van der Waals surface area contributed by atoms with E-state index in [1.807, 2.05) is 41.5 Å². The van der Waals surface area contributed by atoms with Gasteiger partial charge in [0.15, 0.2) is 17.3 Å². The third kappa shape index (κ3) is 4.87. The first-order valence-electron chi connectivity index (χ1n) is 16.8. The molecule has 0 bridgehead atoms. The van der Waals surface area contributed by atoms with Gasteiger partial charge in [-0.15, -0.1) is 0 Å². The molecule has 4 unspecified atom stereocenters. The van der Waals surface area contributed by atoms with E-state index in [1.165, 1.54) is 0 Å². The number of hydrogen-bond acceptors (Lipinski definition) is 8. The summed E-state index contributed by atoms with van der Waals surface area (Å²) in [5.41, 5.74) is -3.76. The van der Waals surface area contributed by atoms with Crippen molar-refractivity contribution >= 4 is 23.1 Å². The van der Waals surface area contributed by atoms with Gasteiger partial charge in [0, 0.05) is 45.3 Å². The molecule has 3 N–H and O–H groups in total. The monoisotopic (exact) mass is 650 g/mol. The number of Topliss-reactive ketones (excluding diaryl/α,β-unsaturated/α-hetero) is 4. The summed E-state index contributed by atoms with van der Waals surface area (Å²) in [5, 5.41) is 36.5. The van der Waals surface area contributed by atoms with Gasteiger partial charge in [-0.05, 0) is 53.4 Å². The molecular weight excluding hydrogens is 596 g/mol. The van der Waals surface area contributed by atoms with E-state index < -0.39 is 74.7 Å². The number of benzene rings is 1. The number of rotatable bonds is 6. The SMILES string of the molecule is C=C1C(C)(C)C(=O)C(C(c2c(O)c(C(=O)C(C)C)c3c(c2O)C(C(C)C)C2=C(O3)C(C)(C)C(=O)C(C)(C)C2=O)C(C)C)C(O)C1(C)C. The fourth-order valence-electron chi connectivity index (χ4n) is 8.54. The van der Waals surface area contributed by atoms with Gasteiger partial charge in [0.2, 0.25) is 0 Å². The number of ether oxygens (including phenoxy) is 1. The van der Waals surface area contributed by atoms with Crippen molar-refractivity contribution in [2.45, 2.75) is 115 Å². The van der Waals surface area contributed by atoms with Crippen molar-refractivity contribution in [1.82, 2.24) is 0 Å². The predicted octanol–water partition coefficient (Wildman–Crippen LogP) is 7.43. The Kier molecular flexibility index (Phi) is 8.67. The molecule has 1 aromatic rings. The van der Waals surface area contributed by atoms with Gasteiger partial charge in [-0.2, -0.15) is 0 Å². The van der Waals surface area contributed by atoms with Gasteiger partial charge < -0.3 is 20.1 Å². The van der Waals surface area contributed by atoms with Crippen LogP contribution in [0, 0.1) is 45.3 Å². The van der Waals surface area contributed by atoms with E-state index in [1.54, 1.807) is 55.4 Å². The maximum absolute atomic E-state index is 14.3. The summed E-state index contributed by atoms with van der Waals surface area (Å²) in [7, 11) is 0. The molecule has 3 aliphatic rings. The van der Waals surface area contributed by atoms with Crippen molar-refractivity contribution in [1.29, 1.82) is 0 Å². The standard InChI is InChI=1S/C39H54O8/c1-16(2)20(24-31(43)36(8,9)19(7)37(10,11)32(24)44)22-28(41)23-21(17(3)4)25-33(45)38(12,13)35(46)39(14,15)34(25)47-30(23)26(29(22)42)27(40)18(5)6/h16-18,20-21,24,31,41-43H,7H2,1-6,8-15H3. The molecule has 1 aromatic carbocycles. The molecule has 258 valence electrons. The molecule has 0 aromatic heterocycles. The van der Waals surface area contributed by atoms with Crippen LogP contribution in [0.2, 0.25) is 0 Å². The largest absolute Gasteiger partial charge is 0.507 e. The van der Waals surface area contributed by atoms with Crippen LogP contribution in [0.3, 0.4) is 0 Å². The second kappa shape index (κ2) is 11.1. The molecule has 0 spiro atoms. The second-order valence-electron chi connectivity index (χ2n) is 17.2. The minimum atomic E-state index is -1.37. The second-order valence-corrected chi connectivity index (χ2v) is 17.2. The molecule has 1 saturated carbocycles. The molecule has 0 saturated heterocycles. The molecule has 47 heavy (non-hydrogen) atoms. The number of carbonyl (C=O) groups is 4. The molecule has 0 radical (unpaired) electrons. The summed E-state index contributed by atoms with van der Waals surface area (Å²) in [6, 6.07) is 0. The number of aliphatic hydroxyl groups excluding tert-OH is 1. The van der Waals surface area contributed by atoms with Gasteiger partial charge in [-0.3, -0.25) is 19.2 Å². The summed E-state index contributed by atoms with van der Waals surface area (Å²) in [6.45, 7) is 28.7. The average molecular weight is 651 g/mol. The fraction of sp³-hybridized carbons (Fsp3) is 0.641. The van der Waals surface area contributed by atoms with Crippen molar-refractivity contribution in [3.8, 4) is 17.2 Å². The van der Waals surface area contributed by atoms with Crippen LogP contribution in [-0.4, -0.2) is 44.6 Å². The Morgan fingerprint density at radius 1 is 0.830 bits per heavy atom. The van der Waals surface area contributed by atoms with Crippen LogP contribution in [0.4, 0.5) is 0 Å². The number of allylic oxidation sites excluding steroid dienone is 2. The molecule has 4 atom stereocenters. The molecule has 4 rings (SSSR count). The van der Waals surface area contributed by atoms with E-state index in [2.05, 4.69) is 6.58 Å². The lowest BCUT2D eigenvalue weighted by molar-refractivity contribution is -0.146. The number of ketones is 4. The first kappa shape index (κ1) is 36.6. The Hall–Kier alpha value is -3.26. The highest BCUT2D eigenvalue weighted by Crippen LogP contribution is 2.62. The topological polar surface area (TPSA) is 138 Å². The van der Waals surface area contributed by atoms with Crippen LogP contribution in [0.5, 0.6) is 17.2 Å². The number of hydrogen-bond donors (Lipinski definition) is 3. The highest BCUT2D eigenvalue weighted by Gasteiger charge is 2.60. The third-order valence-electron chi connectivity index (χ3n) is 11.5. The Morgan fingerprint density at radius 3 is 1.83 bits per heavy atom. The van der Waals surface area contributed by atoms with Gasteiger partial charge >= 0.3 is 0 Å². The summed E-state index contributed by atoms with van der Waals surface area (Å²) in [6.07, 6.45) is -1.22. The molecule has 2 aliphatic carbocycles. The summed E-state index contributed by atoms with van der Waals surface area (Å²) in [5.74, 6) is -6.56. The zero-order valence-electron chi connectivity index (χ0n) is 30.6. The number of phenols is 2. The lowest BCUT2D eigenvalue weighted by atomic mass is 9.52. The molecule has 8 nitrogen and oxygen atoms in total. The Morgan fingerprint density at radius 2 is 1.36 bits per heavy atom. The van der Waals surface area contributed by atoms with E-state index in [4.69, 9.17) is 4.74 Å². The third-order valence-corrected chi connectivity index (χ3v) is 11.5. The zero-order chi connectivity index (χ0) is 36.3. The lowest BCUT2D eigenvalue weighted by Gasteiger charge is -2.52. The minimum absolute atomic E-state index is 0.0320. The van der Waals surface area contributed by atoms with Gasteiger partial charge in [0.25, 0.3) is 0 Å². The van der Waals surface area contributed by atoms with E-state index in [-0.39, 0.29) is 57.0 Å². The summed E-state index contributed by atoms with van der Waals surface area (Å²) in [4.78, 5) is 56.3. The van der Waals surface area contributed by atoms with E-state index in [9.17, 15) is 34.5 Å². The van der Waals surface area contributed by atoms with Crippen LogP contribution in [0.1, 0.15) is 130 Å². The Bertz CT molecular complexity index is 1630. The maximum atomic E-state index is 14.3. The molecule has 1 fully saturated rings. The first-order chi connectivity index (χ1) is 21.2. The predicted molar refractivity (Wildman–Crippen MR) is 181 cm³/mol. The Labute approximate surface area is 279 Å². The first-order valence-corrected chi connectivity index (χ1v) is 16.8. The number of aliphatic hydroxyl groups is 1. The molecule has 8 heteroatoms. The van der Waals surface area contributed by atoms with E-state index >= 15 is 0 Å². The quantitative estimate of drug-likeness (QED) is 0.164. The van der Waals surface area contributed by atoms with Crippen LogP contribution in [-0.2, 0) is 14.4 Å². The highest BCUT2D eigenvalue weighted by molar-refractivity contribution is 6.20. The van der Waals surface area contributed by atoms with Gasteiger partial charge in [-0.25, -0.2) is 0 Å². The van der Waals surface area contributed by atoms with Gasteiger partial charge in [0.1, 0.15) is 34.4 Å². The summed E-state index contributed by atoms with van der Waals surface area (Å²) < 4.78 is 6.46. The van der Waals surface area contributed by atoms with Crippen LogP contribution in [0.25, 0.3) is 0 Å². The molecule has 1 aliphatic heterocycles. The Balaban J connectivity index is 2.19. The van der Waals surface area contributed by atoms with Gasteiger partial charge in [-0.1, -0.05) is 67.5 Å². The van der Waals surface area contributed by atoms with Crippen molar-refractivity contribution < 1.29 is 39.2 Å². The number of phenolic OH excluding ortho intramolecular Hbond substituents is 2. The summed E-state index contributed by atoms with van der Waals surface area (Å²) >= 11 is 0. The average Bonchev–Trinajstić information content (AvgIpc) is 2.96.